The number of phenolic OH excluding ortho intramolecular Hbond substituents is 2. The quantitative estimate of drug-likeness (QED) is 0.451. The van der Waals surface area contributed by atoms with Crippen molar-refractivity contribution in [1.82, 2.24) is 4.90 Å². The van der Waals surface area contributed by atoms with Crippen LogP contribution in [0.15, 0.2) is 53.4 Å². The zero-order valence-electron chi connectivity index (χ0n) is 14.9. The number of carbonyl (C=O) groups is 3. The molecule has 0 spiro atoms. The molecule has 1 atom stereocenters. The minimum Gasteiger partial charge on any atom is -0.504 e. The Balaban J connectivity index is 1.97. The Morgan fingerprint density at radius 2 is 1.86 bits per heavy atom. The van der Waals surface area contributed by atoms with Crippen molar-refractivity contribution >= 4 is 35.0 Å². The van der Waals surface area contributed by atoms with E-state index < -0.39 is 23.2 Å². The predicted octanol–water partition coefficient (Wildman–Crippen LogP) is 3.44. The molecule has 1 saturated heterocycles. The summed E-state index contributed by atoms with van der Waals surface area (Å²) in [4.78, 5) is 38.9. The SMILES string of the molecule is CCOC(=O)C(c1ccccc1)N1C(=O)S/C(=C\c2ccc(O)c(O)c2)C1=O. The molecule has 1 heterocycles. The highest BCUT2D eigenvalue weighted by Gasteiger charge is 2.44. The summed E-state index contributed by atoms with van der Waals surface area (Å²) in [5.41, 5.74) is 0.889. The highest BCUT2D eigenvalue weighted by atomic mass is 32.2. The van der Waals surface area contributed by atoms with E-state index in [4.69, 9.17) is 4.74 Å². The zero-order valence-corrected chi connectivity index (χ0v) is 15.7. The van der Waals surface area contributed by atoms with Crippen molar-refractivity contribution in [2.45, 2.75) is 13.0 Å². The summed E-state index contributed by atoms with van der Waals surface area (Å²) >= 11 is 0.692. The number of nitrogens with zero attached hydrogens (tertiary/aromatic N) is 1. The van der Waals surface area contributed by atoms with Gasteiger partial charge in [0.2, 0.25) is 0 Å². The van der Waals surface area contributed by atoms with E-state index in [2.05, 4.69) is 0 Å². The minimum absolute atomic E-state index is 0.0975. The Morgan fingerprint density at radius 3 is 2.50 bits per heavy atom. The fourth-order valence-corrected chi connectivity index (χ4v) is 3.59. The first-order valence-corrected chi connectivity index (χ1v) is 9.24. The molecule has 8 heteroatoms. The molecule has 2 N–H and O–H groups in total. The standard InChI is InChI=1S/C20H17NO6S/c1-2-27-19(25)17(13-6-4-3-5-7-13)21-18(24)16(28-20(21)26)11-12-8-9-14(22)15(23)10-12/h3-11,17,22-23H,2H2,1H3/b16-11-. The van der Waals surface area contributed by atoms with Gasteiger partial charge in [0.15, 0.2) is 17.5 Å². The molecule has 0 radical (unpaired) electrons. The van der Waals surface area contributed by atoms with Gasteiger partial charge in [0, 0.05) is 0 Å². The maximum absolute atomic E-state index is 12.9. The van der Waals surface area contributed by atoms with Crippen molar-refractivity contribution in [3.8, 4) is 11.5 Å². The third-order valence-corrected chi connectivity index (χ3v) is 4.89. The molecule has 0 bridgehead atoms. The molecular formula is C20H17NO6S. The lowest BCUT2D eigenvalue weighted by Gasteiger charge is -2.23. The largest absolute Gasteiger partial charge is 0.504 e. The van der Waals surface area contributed by atoms with E-state index in [-0.39, 0.29) is 23.0 Å². The summed E-state index contributed by atoms with van der Waals surface area (Å²) in [7, 11) is 0. The summed E-state index contributed by atoms with van der Waals surface area (Å²) in [6, 6.07) is 11.3. The zero-order chi connectivity index (χ0) is 20.3. The van der Waals surface area contributed by atoms with Gasteiger partial charge in [-0.15, -0.1) is 0 Å². The number of aromatic hydroxyl groups is 2. The first kappa shape index (κ1) is 19.5. The van der Waals surface area contributed by atoms with Crippen molar-refractivity contribution in [1.29, 1.82) is 0 Å². The number of hydrogen-bond acceptors (Lipinski definition) is 7. The van der Waals surface area contributed by atoms with Gasteiger partial charge in [0.05, 0.1) is 11.5 Å². The van der Waals surface area contributed by atoms with Gasteiger partial charge in [0.1, 0.15) is 0 Å². The molecule has 1 fully saturated rings. The van der Waals surface area contributed by atoms with Gasteiger partial charge in [-0.2, -0.15) is 0 Å². The van der Waals surface area contributed by atoms with Crippen LogP contribution in [-0.4, -0.2) is 38.8 Å². The first-order chi connectivity index (χ1) is 13.4. The molecular weight excluding hydrogens is 382 g/mol. The van der Waals surface area contributed by atoms with Crippen LogP contribution < -0.4 is 0 Å². The van der Waals surface area contributed by atoms with Crippen molar-refractivity contribution in [3.05, 3.63) is 64.6 Å². The van der Waals surface area contributed by atoms with Gasteiger partial charge in [-0.1, -0.05) is 36.4 Å². The van der Waals surface area contributed by atoms with Crippen molar-refractivity contribution in [2.24, 2.45) is 0 Å². The average molecular weight is 399 g/mol. The second kappa shape index (κ2) is 8.18. The average Bonchev–Trinajstić information content (AvgIpc) is 2.94. The Labute approximate surface area is 165 Å². The molecule has 0 aliphatic carbocycles. The molecule has 2 aromatic rings. The van der Waals surface area contributed by atoms with Gasteiger partial charge < -0.3 is 14.9 Å². The van der Waals surface area contributed by atoms with Crippen molar-refractivity contribution in [3.63, 3.8) is 0 Å². The molecule has 0 aromatic heterocycles. The number of hydrogen-bond donors (Lipinski definition) is 2. The molecule has 7 nitrogen and oxygen atoms in total. The fourth-order valence-electron chi connectivity index (χ4n) is 2.73. The monoisotopic (exact) mass is 399 g/mol. The summed E-state index contributed by atoms with van der Waals surface area (Å²) in [5.74, 6) is -1.97. The molecule has 2 amide bonds. The van der Waals surface area contributed by atoms with Crippen molar-refractivity contribution in [2.75, 3.05) is 6.61 Å². The smallest absolute Gasteiger partial charge is 0.334 e. The van der Waals surface area contributed by atoms with Crippen LogP contribution in [0.1, 0.15) is 24.1 Å². The normalized spacial score (nSPS) is 16.5. The van der Waals surface area contributed by atoms with Crippen LogP contribution in [0.3, 0.4) is 0 Å². The van der Waals surface area contributed by atoms with E-state index in [9.17, 15) is 24.6 Å². The lowest BCUT2D eigenvalue weighted by molar-refractivity contribution is -0.151. The van der Waals surface area contributed by atoms with Crippen LogP contribution in [0.4, 0.5) is 4.79 Å². The molecule has 1 unspecified atom stereocenters. The highest BCUT2D eigenvalue weighted by Crippen LogP contribution is 2.39. The van der Waals surface area contributed by atoms with E-state index in [1.807, 2.05) is 0 Å². The van der Waals surface area contributed by atoms with Gasteiger partial charge in [-0.3, -0.25) is 9.59 Å². The predicted molar refractivity (Wildman–Crippen MR) is 103 cm³/mol. The number of imide groups is 1. The Kier molecular flexibility index (Phi) is 5.70. The van der Waals surface area contributed by atoms with E-state index in [0.29, 0.717) is 22.9 Å². The minimum atomic E-state index is -1.19. The van der Waals surface area contributed by atoms with Crippen LogP contribution in [-0.2, 0) is 14.3 Å². The number of phenols is 2. The fraction of sp³-hybridized carbons (Fsp3) is 0.150. The second-order valence-corrected chi connectivity index (χ2v) is 6.86. The number of esters is 1. The maximum Gasteiger partial charge on any atom is 0.334 e. The summed E-state index contributed by atoms with van der Waals surface area (Å²) in [6.45, 7) is 1.76. The van der Waals surface area contributed by atoms with Crippen LogP contribution in [0, 0.1) is 0 Å². The number of amides is 2. The molecule has 144 valence electrons. The molecule has 1 aliphatic rings. The van der Waals surface area contributed by atoms with Crippen LogP contribution in [0.25, 0.3) is 6.08 Å². The molecule has 1 aliphatic heterocycles. The lowest BCUT2D eigenvalue weighted by atomic mass is 10.1. The number of benzene rings is 2. The number of thioether (sulfide) groups is 1. The Bertz CT molecular complexity index is 956. The van der Waals surface area contributed by atoms with E-state index in [1.54, 1.807) is 37.3 Å². The second-order valence-electron chi connectivity index (χ2n) is 5.87. The van der Waals surface area contributed by atoms with E-state index in [0.717, 1.165) is 4.90 Å². The highest BCUT2D eigenvalue weighted by molar-refractivity contribution is 8.18. The van der Waals surface area contributed by atoms with Crippen LogP contribution >= 0.6 is 11.8 Å². The van der Waals surface area contributed by atoms with Gasteiger partial charge in [-0.05, 0) is 48.0 Å². The topological polar surface area (TPSA) is 104 Å². The summed E-state index contributed by atoms with van der Waals surface area (Å²) in [5, 5.41) is 18.4. The first-order valence-electron chi connectivity index (χ1n) is 8.43. The maximum atomic E-state index is 12.9. The Hall–Kier alpha value is -3.26. The molecule has 0 saturated carbocycles. The van der Waals surface area contributed by atoms with Gasteiger partial charge in [0.25, 0.3) is 11.1 Å². The molecule has 28 heavy (non-hydrogen) atoms. The number of rotatable bonds is 5. The van der Waals surface area contributed by atoms with E-state index >= 15 is 0 Å². The third-order valence-electron chi connectivity index (χ3n) is 4.00. The number of carbonyl (C=O) groups excluding carboxylic acids is 3. The summed E-state index contributed by atoms with van der Waals surface area (Å²) < 4.78 is 5.08. The van der Waals surface area contributed by atoms with Crippen LogP contribution in [0.5, 0.6) is 11.5 Å². The number of ether oxygens (including phenoxy) is 1. The van der Waals surface area contributed by atoms with E-state index in [1.165, 1.54) is 24.3 Å². The third kappa shape index (κ3) is 3.86. The summed E-state index contributed by atoms with van der Waals surface area (Å²) in [6.07, 6.45) is 1.41. The molecule has 2 aromatic carbocycles. The van der Waals surface area contributed by atoms with Gasteiger partial charge in [-0.25, -0.2) is 9.69 Å². The van der Waals surface area contributed by atoms with Crippen LogP contribution in [0.2, 0.25) is 0 Å². The van der Waals surface area contributed by atoms with Gasteiger partial charge >= 0.3 is 5.97 Å². The Morgan fingerprint density at radius 1 is 1.14 bits per heavy atom. The molecule has 3 rings (SSSR count). The lowest BCUT2D eigenvalue weighted by Crippen LogP contribution is -2.38. The van der Waals surface area contributed by atoms with Crippen molar-refractivity contribution < 1.29 is 29.3 Å².